The number of piperidine rings is 1. The summed E-state index contributed by atoms with van der Waals surface area (Å²) in [4.78, 5) is 23.9. The Balaban J connectivity index is 1.36. The minimum Gasteiger partial charge on any atom is -0.394 e. The molecule has 2 aromatic heterocycles. The van der Waals surface area contributed by atoms with Crippen LogP contribution in [0.5, 0.6) is 0 Å². The Morgan fingerprint density at radius 1 is 1.37 bits per heavy atom. The molecule has 0 bridgehead atoms. The SMILES string of the molecule is C[C@H]1CN(S(=O)(=O)CCC(=O)NC2(CO)CCCC2)CC[C@H]1c1[nH]c(-c2ccc(F)cn2)nc1Cl. The number of hydrogen-bond acceptors (Lipinski definition) is 6. The Bertz CT molecular complexity index is 1150. The molecule has 1 saturated carbocycles. The number of carbonyl (C=O) groups excluding carboxylic acids is 1. The third-order valence-electron chi connectivity index (χ3n) is 7.14. The van der Waals surface area contributed by atoms with Crippen molar-refractivity contribution in [2.75, 3.05) is 25.4 Å². The number of amides is 1. The van der Waals surface area contributed by atoms with E-state index in [1.54, 1.807) is 0 Å². The Morgan fingerprint density at radius 2 is 2.11 bits per heavy atom. The van der Waals surface area contributed by atoms with Gasteiger partial charge in [-0.05, 0) is 37.3 Å². The number of nitrogens with zero attached hydrogens (tertiary/aromatic N) is 3. The molecule has 0 unspecified atom stereocenters. The summed E-state index contributed by atoms with van der Waals surface area (Å²) in [7, 11) is -3.62. The number of aromatic amines is 1. The number of aliphatic hydroxyl groups is 1. The van der Waals surface area contributed by atoms with E-state index in [4.69, 9.17) is 11.6 Å². The first-order valence-electron chi connectivity index (χ1n) is 11.9. The van der Waals surface area contributed by atoms with E-state index in [1.807, 2.05) is 6.92 Å². The van der Waals surface area contributed by atoms with Gasteiger partial charge in [0, 0.05) is 25.4 Å². The predicted molar refractivity (Wildman–Crippen MR) is 130 cm³/mol. The molecular formula is C23H31ClFN5O4S. The van der Waals surface area contributed by atoms with Crippen LogP contribution < -0.4 is 5.32 Å². The summed E-state index contributed by atoms with van der Waals surface area (Å²) in [6.45, 7) is 2.43. The minimum atomic E-state index is -3.62. The topological polar surface area (TPSA) is 128 Å². The highest BCUT2D eigenvalue weighted by Gasteiger charge is 2.37. The van der Waals surface area contributed by atoms with Crippen molar-refractivity contribution in [1.29, 1.82) is 0 Å². The maximum atomic E-state index is 13.2. The molecule has 1 aliphatic carbocycles. The number of halogens is 2. The van der Waals surface area contributed by atoms with Crippen LogP contribution in [0.2, 0.25) is 5.15 Å². The number of aromatic nitrogens is 3. The van der Waals surface area contributed by atoms with Gasteiger partial charge in [-0.25, -0.2) is 27.1 Å². The van der Waals surface area contributed by atoms with Gasteiger partial charge in [0.2, 0.25) is 15.9 Å². The zero-order chi connectivity index (χ0) is 25.2. The van der Waals surface area contributed by atoms with Gasteiger partial charge in [0.15, 0.2) is 11.0 Å². The summed E-state index contributed by atoms with van der Waals surface area (Å²) in [5.41, 5.74) is 0.563. The molecule has 2 atom stereocenters. The number of hydrogen-bond donors (Lipinski definition) is 3. The van der Waals surface area contributed by atoms with Crippen molar-refractivity contribution in [2.45, 2.75) is 56.9 Å². The van der Waals surface area contributed by atoms with Crippen molar-refractivity contribution in [3.8, 4) is 11.5 Å². The first-order chi connectivity index (χ1) is 16.6. The average Bonchev–Trinajstić information content (AvgIpc) is 3.45. The van der Waals surface area contributed by atoms with Crippen LogP contribution in [0.1, 0.15) is 57.1 Å². The number of pyridine rings is 1. The first kappa shape index (κ1) is 26.0. The van der Waals surface area contributed by atoms with Crippen LogP contribution in [0.4, 0.5) is 4.39 Å². The van der Waals surface area contributed by atoms with Gasteiger partial charge >= 0.3 is 0 Å². The van der Waals surface area contributed by atoms with Crippen molar-refractivity contribution >= 4 is 27.5 Å². The fourth-order valence-corrected chi connectivity index (χ4v) is 6.94. The Morgan fingerprint density at radius 3 is 2.74 bits per heavy atom. The molecule has 3 N–H and O–H groups in total. The molecule has 192 valence electrons. The normalized spacial score (nSPS) is 22.9. The highest BCUT2D eigenvalue weighted by molar-refractivity contribution is 7.89. The number of carbonyl (C=O) groups is 1. The molecule has 1 saturated heterocycles. The van der Waals surface area contributed by atoms with Crippen LogP contribution >= 0.6 is 11.6 Å². The summed E-state index contributed by atoms with van der Waals surface area (Å²) < 4.78 is 40.5. The molecule has 2 aromatic rings. The lowest BCUT2D eigenvalue weighted by atomic mass is 9.86. The second-order valence-corrected chi connectivity index (χ2v) is 12.1. The Kier molecular flexibility index (Phi) is 7.80. The first-order valence-corrected chi connectivity index (χ1v) is 13.9. The zero-order valence-corrected chi connectivity index (χ0v) is 21.2. The summed E-state index contributed by atoms with van der Waals surface area (Å²) in [5.74, 6) is -0.720. The fourth-order valence-electron chi connectivity index (χ4n) is 5.12. The maximum absolute atomic E-state index is 13.2. The van der Waals surface area contributed by atoms with Crippen molar-refractivity contribution in [2.24, 2.45) is 5.92 Å². The van der Waals surface area contributed by atoms with Crippen LogP contribution in [-0.2, 0) is 14.8 Å². The Labute approximate surface area is 209 Å². The van der Waals surface area contributed by atoms with E-state index in [0.29, 0.717) is 54.7 Å². The van der Waals surface area contributed by atoms with Gasteiger partial charge in [0.1, 0.15) is 11.5 Å². The van der Waals surface area contributed by atoms with E-state index in [2.05, 4.69) is 20.3 Å². The number of rotatable bonds is 8. The fraction of sp³-hybridized carbons (Fsp3) is 0.609. The van der Waals surface area contributed by atoms with Crippen molar-refractivity contribution in [3.63, 3.8) is 0 Å². The third kappa shape index (κ3) is 5.84. The second-order valence-electron chi connectivity index (χ2n) is 9.64. The number of sulfonamides is 1. The van der Waals surface area contributed by atoms with Crippen LogP contribution in [0.3, 0.4) is 0 Å². The molecule has 0 spiro atoms. The number of H-pyrrole nitrogens is 1. The average molecular weight is 528 g/mol. The summed E-state index contributed by atoms with van der Waals surface area (Å²) in [6.07, 6.45) is 4.80. The molecule has 0 radical (unpaired) electrons. The smallest absolute Gasteiger partial charge is 0.221 e. The zero-order valence-electron chi connectivity index (χ0n) is 19.6. The van der Waals surface area contributed by atoms with Gasteiger partial charge in [-0.3, -0.25) is 4.79 Å². The molecule has 0 aromatic carbocycles. The number of imidazole rings is 1. The predicted octanol–water partition coefficient (Wildman–Crippen LogP) is 2.83. The largest absolute Gasteiger partial charge is 0.394 e. The van der Waals surface area contributed by atoms with Crippen molar-refractivity contribution < 1.29 is 22.7 Å². The highest BCUT2D eigenvalue weighted by atomic mass is 35.5. The van der Waals surface area contributed by atoms with E-state index < -0.39 is 21.4 Å². The standard InChI is InChI=1S/C23H31ClFN5O4S/c1-15-13-30(35(33,34)11-7-19(32)29-23(14-31)8-2-3-9-23)10-6-17(15)20-21(24)28-22(27-20)18-5-4-16(25)12-26-18/h4-5,12,15,17,31H,2-3,6-11,13-14H2,1H3,(H,27,28)(H,29,32)/t15-,17+/m0/s1. The third-order valence-corrected chi connectivity index (χ3v) is 9.27. The van der Waals surface area contributed by atoms with Gasteiger partial charge in [0.05, 0.1) is 29.8 Å². The van der Waals surface area contributed by atoms with Crippen LogP contribution in [0.15, 0.2) is 18.3 Å². The molecular weight excluding hydrogens is 497 g/mol. The second kappa shape index (κ2) is 10.5. The maximum Gasteiger partial charge on any atom is 0.221 e. The van der Waals surface area contributed by atoms with Crippen LogP contribution in [-0.4, -0.2) is 69.7 Å². The van der Waals surface area contributed by atoms with E-state index in [9.17, 15) is 22.7 Å². The van der Waals surface area contributed by atoms with E-state index in [-0.39, 0.29) is 36.5 Å². The molecule has 9 nitrogen and oxygen atoms in total. The molecule has 2 fully saturated rings. The molecule has 1 amide bonds. The van der Waals surface area contributed by atoms with Crippen LogP contribution in [0, 0.1) is 11.7 Å². The van der Waals surface area contributed by atoms with E-state index >= 15 is 0 Å². The molecule has 3 heterocycles. The van der Waals surface area contributed by atoms with Gasteiger partial charge in [0.25, 0.3) is 0 Å². The monoisotopic (exact) mass is 527 g/mol. The molecule has 12 heteroatoms. The quantitative estimate of drug-likeness (QED) is 0.484. The molecule has 4 rings (SSSR count). The molecule has 35 heavy (non-hydrogen) atoms. The lowest BCUT2D eigenvalue weighted by Gasteiger charge is -2.36. The van der Waals surface area contributed by atoms with E-state index in [1.165, 1.54) is 16.4 Å². The Hall–Kier alpha value is -2.08. The lowest BCUT2D eigenvalue weighted by molar-refractivity contribution is -0.123. The van der Waals surface area contributed by atoms with Crippen LogP contribution in [0.25, 0.3) is 11.5 Å². The summed E-state index contributed by atoms with van der Waals surface area (Å²) in [5, 5.41) is 12.8. The lowest BCUT2D eigenvalue weighted by Crippen LogP contribution is -2.50. The van der Waals surface area contributed by atoms with Gasteiger partial charge < -0.3 is 15.4 Å². The van der Waals surface area contributed by atoms with Gasteiger partial charge in [-0.1, -0.05) is 31.4 Å². The summed E-state index contributed by atoms with van der Waals surface area (Å²) >= 11 is 6.39. The summed E-state index contributed by atoms with van der Waals surface area (Å²) in [6, 6.07) is 2.81. The van der Waals surface area contributed by atoms with Crippen molar-refractivity contribution in [1.82, 2.24) is 24.6 Å². The van der Waals surface area contributed by atoms with Crippen molar-refractivity contribution in [3.05, 3.63) is 35.0 Å². The van der Waals surface area contributed by atoms with Gasteiger partial charge in [-0.15, -0.1) is 0 Å². The van der Waals surface area contributed by atoms with Gasteiger partial charge in [-0.2, -0.15) is 0 Å². The molecule has 1 aliphatic heterocycles. The minimum absolute atomic E-state index is 0.0364. The number of aliphatic hydroxyl groups excluding tert-OH is 1. The highest BCUT2D eigenvalue weighted by Crippen LogP contribution is 2.37. The molecule has 2 aliphatic rings. The number of nitrogens with one attached hydrogen (secondary N) is 2. The van der Waals surface area contributed by atoms with E-state index in [0.717, 1.165) is 19.0 Å².